The lowest BCUT2D eigenvalue weighted by atomic mass is 9.97. The van der Waals surface area contributed by atoms with Crippen LogP contribution in [0.1, 0.15) is 32.3 Å². The van der Waals surface area contributed by atoms with Crippen LogP contribution < -0.4 is 10.6 Å². The highest BCUT2D eigenvalue weighted by molar-refractivity contribution is 14.0. The molecule has 1 aromatic rings. The average Bonchev–Trinajstić information content (AvgIpc) is 2.70. The number of hydrogen-bond acceptors (Lipinski definition) is 4. The van der Waals surface area contributed by atoms with Crippen LogP contribution in [0.15, 0.2) is 35.3 Å². The maximum Gasteiger partial charge on any atom is 0.309 e. The molecular weight excluding hydrogens is 471 g/mol. The zero-order valence-corrected chi connectivity index (χ0v) is 19.0. The van der Waals surface area contributed by atoms with Gasteiger partial charge in [-0.3, -0.25) is 9.59 Å². The Morgan fingerprint density at radius 2 is 1.82 bits per heavy atom. The molecular formula is C20H31IN4O3. The Bertz CT molecular complexity index is 632. The molecule has 0 atom stereocenters. The molecule has 1 aliphatic rings. The fourth-order valence-electron chi connectivity index (χ4n) is 3.01. The Morgan fingerprint density at radius 3 is 2.43 bits per heavy atom. The van der Waals surface area contributed by atoms with Gasteiger partial charge in [-0.2, -0.15) is 0 Å². The normalized spacial score (nSPS) is 14.8. The van der Waals surface area contributed by atoms with Gasteiger partial charge in [-0.25, -0.2) is 4.99 Å². The molecule has 156 valence electrons. The number of piperidine rings is 1. The Labute approximate surface area is 184 Å². The standard InChI is InChI=1S/C20H30N4O3.HI/c1-3-21-20(24-12-10-17(11-13-24)19(26)27-4-2)23-15-18(25)22-14-16-8-6-5-7-9-16;/h5-9,17H,3-4,10-15H2,1-2H3,(H,21,23)(H,22,25);1H. The number of ether oxygens (including phenoxy) is 1. The van der Waals surface area contributed by atoms with Crippen molar-refractivity contribution >= 4 is 41.8 Å². The maximum atomic E-state index is 12.1. The van der Waals surface area contributed by atoms with Gasteiger partial charge in [0.25, 0.3) is 0 Å². The highest BCUT2D eigenvalue weighted by Crippen LogP contribution is 2.18. The fraction of sp³-hybridized carbons (Fsp3) is 0.550. The van der Waals surface area contributed by atoms with E-state index in [0.29, 0.717) is 13.2 Å². The molecule has 1 fully saturated rings. The summed E-state index contributed by atoms with van der Waals surface area (Å²) in [5, 5.41) is 6.11. The fourth-order valence-corrected chi connectivity index (χ4v) is 3.01. The van der Waals surface area contributed by atoms with E-state index in [1.54, 1.807) is 0 Å². The van der Waals surface area contributed by atoms with E-state index in [0.717, 1.165) is 44.0 Å². The third-order valence-electron chi connectivity index (χ3n) is 4.45. The predicted molar refractivity (Wildman–Crippen MR) is 121 cm³/mol. The quantitative estimate of drug-likeness (QED) is 0.259. The van der Waals surface area contributed by atoms with Crippen molar-refractivity contribution in [2.24, 2.45) is 10.9 Å². The molecule has 1 amide bonds. The second-order valence-corrected chi connectivity index (χ2v) is 6.45. The van der Waals surface area contributed by atoms with Crippen molar-refractivity contribution in [3.05, 3.63) is 35.9 Å². The van der Waals surface area contributed by atoms with Crippen molar-refractivity contribution in [2.45, 2.75) is 33.2 Å². The number of amides is 1. The Morgan fingerprint density at radius 1 is 1.14 bits per heavy atom. The second-order valence-electron chi connectivity index (χ2n) is 6.45. The SMILES string of the molecule is CCNC(=NCC(=O)NCc1ccccc1)N1CCC(C(=O)OCC)CC1.I. The number of guanidine groups is 1. The summed E-state index contributed by atoms with van der Waals surface area (Å²) in [4.78, 5) is 30.5. The first-order chi connectivity index (χ1) is 13.1. The number of likely N-dealkylation sites (tertiary alicyclic amines) is 1. The first kappa shape index (κ1) is 24.2. The summed E-state index contributed by atoms with van der Waals surface area (Å²) >= 11 is 0. The number of aliphatic imine (C=N–C) groups is 1. The lowest BCUT2D eigenvalue weighted by molar-refractivity contribution is -0.149. The van der Waals surface area contributed by atoms with Gasteiger partial charge in [-0.05, 0) is 32.3 Å². The number of halogens is 1. The summed E-state index contributed by atoms with van der Waals surface area (Å²) < 4.78 is 5.11. The summed E-state index contributed by atoms with van der Waals surface area (Å²) in [6, 6.07) is 9.79. The number of nitrogens with one attached hydrogen (secondary N) is 2. The van der Waals surface area contributed by atoms with E-state index in [4.69, 9.17) is 4.74 Å². The highest BCUT2D eigenvalue weighted by Gasteiger charge is 2.27. The van der Waals surface area contributed by atoms with Gasteiger partial charge in [0.15, 0.2) is 5.96 Å². The van der Waals surface area contributed by atoms with Gasteiger partial charge in [0, 0.05) is 26.2 Å². The zero-order valence-electron chi connectivity index (χ0n) is 16.6. The zero-order chi connectivity index (χ0) is 19.5. The molecule has 1 saturated heterocycles. The second kappa shape index (κ2) is 13.4. The minimum absolute atomic E-state index is 0. The van der Waals surface area contributed by atoms with Gasteiger partial charge in [-0.15, -0.1) is 24.0 Å². The van der Waals surface area contributed by atoms with Crippen molar-refractivity contribution in [1.82, 2.24) is 15.5 Å². The molecule has 2 rings (SSSR count). The molecule has 0 bridgehead atoms. The molecule has 7 nitrogen and oxygen atoms in total. The summed E-state index contributed by atoms with van der Waals surface area (Å²) in [6.07, 6.45) is 1.48. The number of esters is 1. The largest absolute Gasteiger partial charge is 0.466 e. The first-order valence-electron chi connectivity index (χ1n) is 9.64. The van der Waals surface area contributed by atoms with Crippen LogP contribution in [0.5, 0.6) is 0 Å². The molecule has 2 N–H and O–H groups in total. The Balaban J connectivity index is 0.00000392. The molecule has 1 aliphatic heterocycles. The van der Waals surface area contributed by atoms with Gasteiger partial charge >= 0.3 is 5.97 Å². The van der Waals surface area contributed by atoms with E-state index >= 15 is 0 Å². The molecule has 1 heterocycles. The summed E-state index contributed by atoms with van der Waals surface area (Å²) in [5.74, 6) is 0.447. The number of carbonyl (C=O) groups excluding carboxylic acids is 2. The molecule has 0 aromatic heterocycles. The van der Waals surface area contributed by atoms with Gasteiger partial charge < -0.3 is 20.3 Å². The summed E-state index contributed by atoms with van der Waals surface area (Å²) in [6.45, 7) is 6.98. The van der Waals surface area contributed by atoms with E-state index in [2.05, 4.69) is 20.5 Å². The lowest BCUT2D eigenvalue weighted by Crippen LogP contribution is -2.47. The van der Waals surface area contributed by atoms with Gasteiger partial charge in [-0.1, -0.05) is 30.3 Å². The van der Waals surface area contributed by atoms with Crippen molar-refractivity contribution in [2.75, 3.05) is 32.8 Å². The van der Waals surface area contributed by atoms with Crippen LogP contribution in [0.2, 0.25) is 0 Å². The first-order valence-corrected chi connectivity index (χ1v) is 9.64. The number of rotatable bonds is 7. The maximum absolute atomic E-state index is 12.1. The monoisotopic (exact) mass is 502 g/mol. The molecule has 8 heteroatoms. The summed E-state index contributed by atoms with van der Waals surface area (Å²) in [5.41, 5.74) is 1.06. The van der Waals surface area contributed by atoms with E-state index in [1.807, 2.05) is 44.2 Å². The van der Waals surface area contributed by atoms with Crippen molar-refractivity contribution in [3.63, 3.8) is 0 Å². The van der Waals surface area contributed by atoms with Crippen LogP contribution in [0.4, 0.5) is 0 Å². The molecule has 0 radical (unpaired) electrons. The molecule has 28 heavy (non-hydrogen) atoms. The molecule has 0 aliphatic carbocycles. The van der Waals surface area contributed by atoms with Crippen molar-refractivity contribution in [1.29, 1.82) is 0 Å². The van der Waals surface area contributed by atoms with E-state index in [-0.39, 0.29) is 48.3 Å². The van der Waals surface area contributed by atoms with Crippen LogP contribution in [-0.2, 0) is 20.9 Å². The third kappa shape index (κ3) is 8.04. The van der Waals surface area contributed by atoms with Gasteiger partial charge in [0.05, 0.1) is 12.5 Å². The average molecular weight is 502 g/mol. The van der Waals surface area contributed by atoms with Crippen LogP contribution >= 0.6 is 24.0 Å². The van der Waals surface area contributed by atoms with Crippen LogP contribution in [0, 0.1) is 5.92 Å². The Hall–Kier alpha value is -1.84. The van der Waals surface area contributed by atoms with Gasteiger partial charge in [0.2, 0.25) is 5.91 Å². The third-order valence-corrected chi connectivity index (χ3v) is 4.45. The van der Waals surface area contributed by atoms with Crippen LogP contribution in [0.3, 0.4) is 0 Å². The number of hydrogen-bond donors (Lipinski definition) is 2. The van der Waals surface area contributed by atoms with Gasteiger partial charge in [0.1, 0.15) is 6.54 Å². The topological polar surface area (TPSA) is 83.0 Å². The van der Waals surface area contributed by atoms with E-state index < -0.39 is 0 Å². The van der Waals surface area contributed by atoms with Crippen LogP contribution in [-0.4, -0.2) is 55.5 Å². The van der Waals surface area contributed by atoms with E-state index in [9.17, 15) is 9.59 Å². The molecule has 0 spiro atoms. The predicted octanol–water partition coefficient (Wildman–Crippen LogP) is 2.16. The number of benzene rings is 1. The lowest BCUT2D eigenvalue weighted by Gasteiger charge is -2.33. The molecule has 0 unspecified atom stereocenters. The number of nitrogens with zero attached hydrogens (tertiary/aromatic N) is 2. The minimum Gasteiger partial charge on any atom is -0.466 e. The Kier molecular flexibility index (Phi) is 11.5. The van der Waals surface area contributed by atoms with Crippen LogP contribution in [0.25, 0.3) is 0 Å². The smallest absolute Gasteiger partial charge is 0.309 e. The van der Waals surface area contributed by atoms with E-state index in [1.165, 1.54) is 0 Å². The number of carbonyl (C=O) groups is 2. The molecule has 0 saturated carbocycles. The van der Waals surface area contributed by atoms with Crippen molar-refractivity contribution in [3.8, 4) is 0 Å². The minimum atomic E-state index is -0.115. The van der Waals surface area contributed by atoms with Crippen molar-refractivity contribution < 1.29 is 14.3 Å². The summed E-state index contributed by atoms with van der Waals surface area (Å²) in [7, 11) is 0. The highest BCUT2D eigenvalue weighted by atomic mass is 127. The molecule has 1 aromatic carbocycles.